The maximum Gasteiger partial charge on any atom is 0.336 e. The van der Waals surface area contributed by atoms with Crippen LogP contribution in [0.3, 0.4) is 0 Å². The number of likely N-dealkylation sites (tertiary alicyclic amines) is 1. The summed E-state index contributed by atoms with van der Waals surface area (Å²) in [7, 11) is 0. The number of phenolic OH excluding ortho intramolecular Hbond substituents is 1. The van der Waals surface area contributed by atoms with E-state index in [0.717, 1.165) is 31.0 Å². The van der Waals surface area contributed by atoms with Gasteiger partial charge in [-0.15, -0.1) is 0 Å². The molecule has 2 unspecified atom stereocenters. The molecular formula is C27H35NO9. The molecule has 10 nitrogen and oxygen atoms in total. The number of carboxylic acid groups (broad SMARTS) is 3. The van der Waals surface area contributed by atoms with Crippen LogP contribution in [0.5, 0.6) is 5.75 Å². The van der Waals surface area contributed by atoms with Crippen molar-refractivity contribution < 1.29 is 45.0 Å². The van der Waals surface area contributed by atoms with Crippen molar-refractivity contribution in [1.29, 1.82) is 0 Å². The lowest BCUT2D eigenvalue weighted by Crippen LogP contribution is -2.43. The third kappa shape index (κ3) is 9.49. The number of hydrogen-bond donors (Lipinski definition) is 6. The minimum atomic E-state index is -2.74. The Hall–Kier alpha value is -3.47. The number of phenols is 1. The summed E-state index contributed by atoms with van der Waals surface area (Å²) in [5.74, 6) is -4.04. The van der Waals surface area contributed by atoms with Crippen molar-refractivity contribution in [3.8, 4) is 5.75 Å². The van der Waals surface area contributed by atoms with Crippen LogP contribution in [0.4, 0.5) is 0 Å². The van der Waals surface area contributed by atoms with Crippen LogP contribution in [0.15, 0.2) is 54.6 Å². The molecule has 1 aliphatic heterocycles. The topological polar surface area (TPSA) is 176 Å². The quantitative estimate of drug-likeness (QED) is 0.275. The van der Waals surface area contributed by atoms with Gasteiger partial charge in [-0.2, -0.15) is 0 Å². The van der Waals surface area contributed by atoms with Gasteiger partial charge in [0, 0.05) is 6.04 Å². The highest BCUT2D eigenvalue weighted by atomic mass is 16.4. The predicted octanol–water partition coefficient (Wildman–Crippen LogP) is 2.52. The first-order chi connectivity index (χ1) is 17.4. The third-order valence-corrected chi connectivity index (χ3v) is 6.57. The standard InChI is InChI=1S/C21H27NO2.C6H8O7/c1-16(21(24)19-7-9-20(23)10-8-19)22-13-11-18(12-14-22)15-17-5-3-2-4-6-17;7-3(8)1-6(13,5(11)12)2-4(9)10/h2-10,16,18,21,23-24H,11-15H2,1H3;13H,1-2H2,(H,7,8)(H,9,10)(H,11,12). The van der Waals surface area contributed by atoms with Crippen LogP contribution in [-0.2, 0) is 20.8 Å². The molecule has 3 rings (SSSR count). The first-order valence-corrected chi connectivity index (χ1v) is 12.1. The predicted molar refractivity (Wildman–Crippen MR) is 134 cm³/mol. The van der Waals surface area contributed by atoms with E-state index in [1.165, 1.54) is 18.4 Å². The van der Waals surface area contributed by atoms with Crippen molar-refractivity contribution in [2.45, 2.75) is 56.8 Å². The molecule has 6 N–H and O–H groups in total. The molecule has 0 saturated carbocycles. The number of hydrogen-bond acceptors (Lipinski definition) is 7. The highest BCUT2D eigenvalue weighted by Crippen LogP contribution is 2.28. The van der Waals surface area contributed by atoms with E-state index in [1.807, 2.05) is 0 Å². The fourth-order valence-corrected chi connectivity index (χ4v) is 4.38. The Morgan fingerprint density at radius 3 is 1.89 bits per heavy atom. The van der Waals surface area contributed by atoms with E-state index in [2.05, 4.69) is 42.2 Å². The number of aromatic hydroxyl groups is 1. The molecule has 2 aromatic carbocycles. The summed E-state index contributed by atoms with van der Waals surface area (Å²) in [5, 5.41) is 53.8. The van der Waals surface area contributed by atoms with Gasteiger partial charge in [-0.05, 0) is 68.5 Å². The van der Waals surface area contributed by atoms with E-state index in [-0.39, 0.29) is 11.8 Å². The summed E-state index contributed by atoms with van der Waals surface area (Å²) in [6.07, 6.45) is 0.715. The molecule has 1 saturated heterocycles. The number of nitrogens with zero attached hydrogens (tertiary/aromatic N) is 1. The molecule has 0 bridgehead atoms. The van der Waals surface area contributed by atoms with Crippen molar-refractivity contribution >= 4 is 17.9 Å². The highest BCUT2D eigenvalue weighted by Gasteiger charge is 2.40. The monoisotopic (exact) mass is 517 g/mol. The lowest BCUT2D eigenvalue weighted by Gasteiger charge is -2.38. The van der Waals surface area contributed by atoms with Crippen molar-refractivity contribution in [1.82, 2.24) is 4.90 Å². The summed E-state index contributed by atoms with van der Waals surface area (Å²) in [6, 6.07) is 17.7. The number of carboxylic acids is 3. The second-order valence-corrected chi connectivity index (χ2v) is 9.42. The largest absolute Gasteiger partial charge is 0.508 e. The van der Waals surface area contributed by atoms with Crippen LogP contribution in [0.2, 0.25) is 0 Å². The highest BCUT2D eigenvalue weighted by molar-refractivity contribution is 5.88. The first kappa shape index (κ1) is 29.8. The minimum absolute atomic E-state index is 0.0900. The molecule has 0 aromatic heterocycles. The van der Waals surface area contributed by atoms with Crippen molar-refractivity contribution in [3.05, 3.63) is 65.7 Å². The van der Waals surface area contributed by atoms with E-state index in [9.17, 15) is 24.6 Å². The number of aliphatic hydroxyl groups is 2. The van der Waals surface area contributed by atoms with Crippen LogP contribution in [0.25, 0.3) is 0 Å². The number of aliphatic carboxylic acids is 3. The van der Waals surface area contributed by atoms with E-state index < -0.39 is 42.5 Å². The molecule has 37 heavy (non-hydrogen) atoms. The molecule has 2 aromatic rings. The number of carbonyl (C=O) groups is 3. The molecule has 1 fully saturated rings. The van der Waals surface area contributed by atoms with Gasteiger partial charge in [0.2, 0.25) is 0 Å². The normalized spacial score (nSPS) is 16.2. The van der Waals surface area contributed by atoms with E-state index in [0.29, 0.717) is 0 Å². The Labute approximate surface area is 215 Å². The Kier molecular flexibility index (Phi) is 11.0. The Morgan fingerprint density at radius 2 is 1.43 bits per heavy atom. The summed E-state index contributed by atoms with van der Waals surface area (Å²) >= 11 is 0. The Morgan fingerprint density at radius 1 is 0.919 bits per heavy atom. The lowest BCUT2D eigenvalue weighted by atomic mass is 9.89. The zero-order valence-corrected chi connectivity index (χ0v) is 20.7. The van der Waals surface area contributed by atoms with Crippen molar-refractivity contribution in [3.63, 3.8) is 0 Å². The molecule has 0 aliphatic carbocycles. The smallest absolute Gasteiger partial charge is 0.336 e. The average Bonchev–Trinajstić information content (AvgIpc) is 2.84. The molecule has 202 valence electrons. The SMILES string of the molecule is CC(C(O)c1ccc(O)cc1)N1CCC(Cc2ccccc2)CC1.O=C(O)CC(O)(CC(=O)O)C(=O)O. The summed E-state index contributed by atoms with van der Waals surface area (Å²) in [5.41, 5.74) is -0.447. The van der Waals surface area contributed by atoms with Gasteiger partial charge in [-0.3, -0.25) is 14.5 Å². The second kappa shape index (κ2) is 13.7. The molecule has 2 atom stereocenters. The first-order valence-electron chi connectivity index (χ1n) is 12.1. The van der Waals surface area contributed by atoms with Crippen LogP contribution in [0, 0.1) is 5.92 Å². The van der Waals surface area contributed by atoms with Crippen LogP contribution in [-0.4, -0.2) is 78.2 Å². The Balaban J connectivity index is 0.000000317. The van der Waals surface area contributed by atoms with Gasteiger partial charge >= 0.3 is 17.9 Å². The second-order valence-electron chi connectivity index (χ2n) is 9.42. The van der Waals surface area contributed by atoms with Crippen molar-refractivity contribution in [2.24, 2.45) is 5.92 Å². The molecule has 1 heterocycles. The number of rotatable bonds is 10. The zero-order chi connectivity index (χ0) is 27.6. The molecule has 0 amide bonds. The molecule has 10 heteroatoms. The van der Waals surface area contributed by atoms with Gasteiger partial charge in [0.15, 0.2) is 5.60 Å². The van der Waals surface area contributed by atoms with Gasteiger partial charge in [-0.1, -0.05) is 42.5 Å². The molecule has 0 radical (unpaired) electrons. The van der Waals surface area contributed by atoms with Gasteiger partial charge in [0.25, 0.3) is 0 Å². The van der Waals surface area contributed by atoms with Crippen LogP contribution in [0.1, 0.15) is 49.8 Å². The summed E-state index contributed by atoms with van der Waals surface area (Å²) in [6.45, 7) is 4.16. The van der Waals surface area contributed by atoms with E-state index >= 15 is 0 Å². The average molecular weight is 518 g/mol. The van der Waals surface area contributed by atoms with Gasteiger partial charge in [0.05, 0.1) is 18.9 Å². The van der Waals surface area contributed by atoms with Crippen molar-refractivity contribution in [2.75, 3.05) is 13.1 Å². The minimum Gasteiger partial charge on any atom is -0.508 e. The fourth-order valence-electron chi connectivity index (χ4n) is 4.38. The lowest BCUT2D eigenvalue weighted by molar-refractivity contribution is -0.170. The zero-order valence-electron chi connectivity index (χ0n) is 20.7. The molecular weight excluding hydrogens is 482 g/mol. The van der Waals surface area contributed by atoms with Gasteiger partial charge in [-0.25, -0.2) is 4.79 Å². The number of aliphatic hydroxyl groups excluding tert-OH is 1. The van der Waals surface area contributed by atoms with Gasteiger partial charge < -0.3 is 30.6 Å². The van der Waals surface area contributed by atoms with Crippen LogP contribution < -0.4 is 0 Å². The van der Waals surface area contributed by atoms with Gasteiger partial charge in [0.1, 0.15) is 5.75 Å². The fraction of sp³-hybridized carbons (Fsp3) is 0.444. The molecule has 0 spiro atoms. The molecule has 1 aliphatic rings. The van der Waals surface area contributed by atoms with E-state index in [1.54, 1.807) is 24.3 Å². The third-order valence-electron chi connectivity index (χ3n) is 6.57. The summed E-state index contributed by atoms with van der Waals surface area (Å²) < 4.78 is 0. The Bertz CT molecular complexity index is 1000. The number of piperidine rings is 1. The van der Waals surface area contributed by atoms with Crippen LogP contribution >= 0.6 is 0 Å². The van der Waals surface area contributed by atoms with E-state index in [4.69, 9.17) is 20.4 Å². The number of benzene rings is 2. The maximum atomic E-state index is 10.6. The summed E-state index contributed by atoms with van der Waals surface area (Å²) in [4.78, 5) is 32.9. The maximum absolute atomic E-state index is 10.6.